The summed E-state index contributed by atoms with van der Waals surface area (Å²) < 4.78 is 18.1. The van der Waals surface area contributed by atoms with Gasteiger partial charge in [-0.3, -0.25) is 4.79 Å². The van der Waals surface area contributed by atoms with E-state index in [1.165, 1.54) is 29.2 Å². The van der Waals surface area contributed by atoms with Crippen molar-refractivity contribution < 1.29 is 29.6 Å². The van der Waals surface area contributed by atoms with Gasteiger partial charge in [-0.15, -0.1) is 10.2 Å². The third-order valence-corrected chi connectivity index (χ3v) is 6.32. The molecule has 1 saturated carbocycles. The van der Waals surface area contributed by atoms with E-state index in [-0.39, 0.29) is 23.1 Å². The standard InChI is InChI=1S/C24H24FN7O5/c1-12(2)32-11-27-30-21(32)16-5-4-6-19(28-16)29-22(33)14-8-18(13(3)7-15(14)25)31-9-17(26-10-31)20-23(34,35)24(20,36)37/h4-12,20,34-37H,1-3H3,(H,28,29,33). The number of nitrogens with zero attached hydrogens (tertiary/aromatic N) is 6. The van der Waals surface area contributed by atoms with E-state index in [4.69, 9.17) is 0 Å². The van der Waals surface area contributed by atoms with Gasteiger partial charge in [0, 0.05) is 12.2 Å². The normalized spacial score (nSPS) is 16.2. The summed E-state index contributed by atoms with van der Waals surface area (Å²) >= 11 is 0. The average molecular weight is 509 g/mol. The van der Waals surface area contributed by atoms with Gasteiger partial charge in [-0.1, -0.05) is 6.07 Å². The highest BCUT2D eigenvalue weighted by Gasteiger charge is 2.78. The number of imidazole rings is 1. The summed E-state index contributed by atoms with van der Waals surface area (Å²) in [5, 5.41) is 49.5. The Balaban J connectivity index is 1.42. The van der Waals surface area contributed by atoms with E-state index in [0.29, 0.717) is 22.8 Å². The summed E-state index contributed by atoms with van der Waals surface area (Å²) in [6.07, 6.45) is 4.22. The summed E-state index contributed by atoms with van der Waals surface area (Å²) in [5.74, 6) is -7.71. The van der Waals surface area contributed by atoms with Crippen LogP contribution in [0.25, 0.3) is 17.2 Å². The number of hydrogen-bond acceptors (Lipinski definition) is 9. The number of amides is 1. The summed E-state index contributed by atoms with van der Waals surface area (Å²) in [5.41, 5.74) is 1.05. The Morgan fingerprint density at radius 1 is 1.14 bits per heavy atom. The van der Waals surface area contributed by atoms with E-state index in [0.717, 1.165) is 0 Å². The van der Waals surface area contributed by atoms with Crippen LogP contribution in [0.1, 0.15) is 47.4 Å². The van der Waals surface area contributed by atoms with Crippen LogP contribution in [-0.4, -0.2) is 67.2 Å². The fourth-order valence-electron chi connectivity index (χ4n) is 4.18. The third-order valence-electron chi connectivity index (χ3n) is 6.32. The lowest BCUT2D eigenvalue weighted by molar-refractivity contribution is -0.207. The maximum Gasteiger partial charge on any atom is 0.259 e. The Kier molecular flexibility index (Phi) is 5.68. The topological polar surface area (TPSA) is 171 Å². The SMILES string of the molecule is Cc1cc(F)c(C(=O)Nc2cccc(-c3nncn3C(C)C)n2)cc1-n1cnc(C2C(O)(O)C2(O)O)c1. The average Bonchev–Trinajstić information content (AvgIpc) is 3.33. The van der Waals surface area contributed by atoms with Crippen LogP contribution in [0, 0.1) is 12.7 Å². The van der Waals surface area contributed by atoms with Crippen molar-refractivity contribution in [2.45, 2.75) is 44.3 Å². The first-order valence-electron chi connectivity index (χ1n) is 11.3. The van der Waals surface area contributed by atoms with Crippen molar-refractivity contribution in [3.8, 4) is 17.2 Å². The van der Waals surface area contributed by atoms with E-state index in [1.807, 2.05) is 18.4 Å². The molecular weight excluding hydrogens is 485 g/mol. The molecule has 5 N–H and O–H groups in total. The van der Waals surface area contributed by atoms with Gasteiger partial charge in [0.05, 0.1) is 23.3 Å². The molecule has 0 unspecified atom stereocenters. The molecule has 13 heteroatoms. The second-order valence-corrected chi connectivity index (χ2v) is 9.23. The molecule has 0 spiro atoms. The van der Waals surface area contributed by atoms with Crippen LogP contribution < -0.4 is 5.32 Å². The number of pyridine rings is 1. The number of rotatable bonds is 6. The fourth-order valence-corrected chi connectivity index (χ4v) is 4.18. The highest BCUT2D eigenvalue weighted by atomic mass is 19.1. The van der Waals surface area contributed by atoms with Gasteiger partial charge in [-0.2, -0.15) is 0 Å². The maximum absolute atomic E-state index is 14.8. The molecule has 0 bridgehead atoms. The Morgan fingerprint density at radius 2 is 1.86 bits per heavy atom. The third kappa shape index (κ3) is 4.07. The molecule has 1 fully saturated rings. The molecule has 12 nitrogen and oxygen atoms in total. The van der Waals surface area contributed by atoms with Crippen LogP contribution in [-0.2, 0) is 0 Å². The molecule has 5 rings (SSSR count). The lowest BCUT2D eigenvalue weighted by Gasteiger charge is -2.12. The van der Waals surface area contributed by atoms with Crippen molar-refractivity contribution in [3.05, 3.63) is 71.8 Å². The van der Waals surface area contributed by atoms with E-state index < -0.39 is 29.2 Å². The predicted molar refractivity (Wildman–Crippen MR) is 127 cm³/mol. The number of aryl methyl sites for hydroxylation is 1. The zero-order valence-corrected chi connectivity index (χ0v) is 20.0. The summed E-state index contributed by atoms with van der Waals surface area (Å²) in [4.78, 5) is 21.4. The minimum absolute atomic E-state index is 0.00000975. The molecule has 37 heavy (non-hydrogen) atoms. The molecule has 3 aromatic heterocycles. The van der Waals surface area contributed by atoms with Gasteiger partial charge < -0.3 is 34.9 Å². The number of carbonyl (C=O) groups excluding carboxylic acids is 1. The van der Waals surface area contributed by atoms with E-state index in [1.54, 1.807) is 31.5 Å². The first kappa shape index (κ1) is 24.6. The Morgan fingerprint density at radius 3 is 2.54 bits per heavy atom. The van der Waals surface area contributed by atoms with Crippen LogP contribution in [0.2, 0.25) is 0 Å². The quantitative estimate of drug-likeness (QED) is 0.240. The Hall–Kier alpha value is -4.04. The van der Waals surface area contributed by atoms with Crippen LogP contribution in [0.5, 0.6) is 0 Å². The molecule has 1 amide bonds. The molecule has 1 aliphatic carbocycles. The minimum Gasteiger partial charge on any atom is -0.361 e. The fraction of sp³-hybridized carbons (Fsp3) is 0.292. The van der Waals surface area contributed by atoms with Gasteiger partial charge >= 0.3 is 0 Å². The zero-order valence-electron chi connectivity index (χ0n) is 20.0. The van der Waals surface area contributed by atoms with Crippen molar-refractivity contribution in [3.63, 3.8) is 0 Å². The molecule has 0 aliphatic heterocycles. The largest absolute Gasteiger partial charge is 0.361 e. The molecule has 4 aromatic rings. The van der Waals surface area contributed by atoms with Gasteiger partial charge in [0.15, 0.2) is 5.82 Å². The van der Waals surface area contributed by atoms with Crippen molar-refractivity contribution in [1.82, 2.24) is 29.3 Å². The lowest BCUT2D eigenvalue weighted by Crippen LogP contribution is -2.23. The van der Waals surface area contributed by atoms with Gasteiger partial charge in [0.1, 0.15) is 29.6 Å². The Bertz CT molecular complexity index is 1500. The lowest BCUT2D eigenvalue weighted by atomic mass is 10.1. The van der Waals surface area contributed by atoms with E-state index in [9.17, 15) is 29.6 Å². The minimum atomic E-state index is -2.74. The molecule has 1 aliphatic rings. The van der Waals surface area contributed by atoms with E-state index in [2.05, 4.69) is 25.5 Å². The van der Waals surface area contributed by atoms with Crippen molar-refractivity contribution in [1.29, 1.82) is 0 Å². The highest BCUT2D eigenvalue weighted by Crippen LogP contribution is 2.56. The number of benzene rings is 1. The number of hydrogen-bond donors (Lipinski definition) is 5. The monoisotopic (exact) mass is 509 g/mol. The molecule has 0 saturated heterocycles. The molecule has 192 valence electrons. The summed E-state index contributed by atoms with van der Waals surface area (Å²) in [6.45, 7) is 5.56. The van der Waals surface area contributed by atoms with Gasteiger partial charge in [0.2, 0.25) is 11.6 Å². The van der Waals surface area contributed by atoms with E-state index >= 15 is 0 Å². The molecule has 0 atom stereocenters. The first-order valence-corrected chi connectivity index (χ1v) is 11.3. The maximum atomic E-state index is 14.8. The first-order chi connectivity index (χ1) is 17.4. The highest BCUT2D eigenvalue weighted by molar-refractivity contribution is 6.04. The number of nitrogens with one attached hydrogen (secondary N) is 1. The predicted octanol–water partition coefficient (Wildman–Crippen LogP) is 1.27. The van der Waals surface area contributed by atoms with Gasteiger partial charge in [-0.05, 0) is 50.6 Å². The summed E-state index contributed by atoms with van der Waals surface area (Å²) in [6, 6.07) is 7.55. The second-order valence-electron chi connectivity index (χ2n) is 9.23. The number of anilines is 1. The number of aliphatic hydroxyl groups is 4. The van der Waals surface area contributed by atoms with Gasteiger partial charge in [0.25, 0.3) is 5.91 Å². The molecule has 0 radical (unpaired) electrons. The zero-order chi connectivity index (χ0) is 26.7. The molecule has 3 heterocycles. The van der Waals surface area contributed by atoms with Crippen molar-refractivity contribution >= 4 is 11.7 Å². The number of aromatic nitrogens is 6. The van der Waals surface area contributed by atoms with Crippen LogP contribution in [0.3, 0.4) is 0 Å². The van der Waals surface area contributed by atoms with Crippen molar-refractivity contribution in [2.24, 2.45) is 0 Å². The van der Waals surface area contributed by atoms with Crippen LogP contribution >= 0.6 is 0 Å². The van der Waals surface area contributed by atoms with Crippen LogP contribution in [0.15, 0.2) is 49.2 Å². The van der Waals surface area contributed by atoms with Gasteiger partial charge in [-0.25, -0.2) is 14.4 Å². The second kappa shape index (κ2) is 8.52. The summed E-state index contributed by atoms with van der Waals surface area (Å²) in [7, 11) is 0. The Labute approximate surface area is 209 Å². The number of carbonyl (C=O) groups is 1. The molecule has 1 aromatic carbocycles. The smallest absolute Gasteiger partial charge is 0.259 e. The van der Waals surface area contributed by atoms with Crippen molar-refractivity contribution in [2.75, 3.05) is 5.32 Å². The van der Waals surface area contributed by atoms with Crippen LogP contribution in [0.4, 0.5) is 10.2 Å². The number of halogens is 1. The molecular formula is C24H24FN7O5.